The monoisotopic (exact) mass is 203 g/mol. The van der Waals surface area contributed by atoms with Gasteiger partial charge in [-0.05, 0) is 13.3 Å². The molecule has 14 heavy (non-hydrogen) atoms. The number of carbonyl (C=O) groups is 2. The molecule has 0 aromatic carbocycles. The Hall–Kier alpha value is -1.30. The lowest BCUT2D eigenvalue weighted by molar-refractivity contribution is -0.137. The highest BCUT2D eigenvalue weighted by molar-refractivity contribution is 5.71. The van der Waals surface area contributed by atoms with E-state index in [0.29, 0.717) is 19.5 Å². The molecule has 0 aromatic rings. The van der Waals surface area contributed by atoms with Gasteiger partial charge in [-0.25, -0.2) is 4.79 Å². The van der Waals surface area contributed by atoms with Crippen LogP contribution in [0.25, 0.3) is 0 Å². The van der Waals surface area contributed by atoms with Crippen molar-refractivity contribution in [3.8, 4) is 0 Å². The molecule has 0 aliphatic carbocycles. The minimum atomic E-state index is -0.797. The fraction of sp³-hybridized carbons (Fsp3) is 0.750. The van der Waals surface area contributed by atoms with E-state index in [1.165, 1.54) is 0 Å². The molecule has 6 nitrogen and oxygen atoms in total. The van der Waals surface area contributed by atoms with Crippen molar-refractivity contribution in [3.05, 3.63) is 0 Å². The molecule has 6 heteroatoms. The summed E-state index contributed by atoms with van der Waals surface area (Å²) in [4.78, 5) is 20.5. The van der Waals surface area contributed by atoms with E-state index in [4.69, 9.17) is 10.8 Å². The zero-order chi connectivity index (χ0) is 11.0. The Labute approximate surface area is 82.9 Å². The van der Waals surface area contributed by atoms with Crippen LogP contribution < -0.4 is 16.4 Å². The Morgan fingerprint density at radius 1 is 1.43 bits per heavy atom. The van der Waals surface area contributed by atoms with E-state index >= 15 is 0 Å². The topological polar surface area (TPSA) is 104 Å². The normalized spacial score (nSPS) is 12.1. The van der Waals surface area contributed by atoms with Gasteiger partial charge in [-0.3, -0.25) is 4.79 Å². The van der Waals surface area contributed by atoms with Gasteiger partial charge in [0.25, 0.3) is 0 Å². The second-order valence-corrected chi connectivity index (χ2v) is 3.08. The van der Waals surface area contributed by atoms with Crippen molar-refractivity contribution < 1.29 is 14.7 Å². The molecule has 5 N–H and O–H groups in total. The first kappa shape index (κ1) is 12.7. The summed E-state index contributed by atoms with van der Waals surface area (Å²) in [6.07, 6.45) is 0.726. The van der Waals surface area contributed by atoms with E-state index in [1.54, 1.807) is 0 Å². The Bertz CT molecular complexity index is 196. The van der Waals surface area contributed by atoms with Crippen LogP contribution in [0.2, 0.25) is 0 Å². The molecule has 0 radical (unpaired) electrons. The quantitative estimate of drug-likeness (QED) is 0.418. The van der Waals surface area contributed by atoms with Gasteiger partial charge in [0.1, 0.15) is 0 Å². The maximum absolute atomic E-state index is 10.3. The molecule has 1 atom stereocenters. The number of hydrogen-bond acceptors (Lipinski definition) is 3. The smallest absolute Gasteiger partial charge is 0.312 e. The van der Waals surface area contributed by atoms with Gasteiger partial charge in [0, 0.05) is 25.6 Å². The number of carboxylic acids is 1. The lowest BCUT2D eigenvalue weighted by Gasteiger charge is -2.12. The van der Waals surface area contributed by atoms with Gasteiger partial charge in [0.15, 0.2) is 0 Å². The summed E-state index contributed by atoms with van der Waals surface area (Å²) < 4.78 is 0. The van der Waals surface area contributed by atoms with Crippen molar-refractivity contribution in [1.82, 2.24) is 10.6 Å². The Morgan fingerprint density at radius 2 is 2.07 bits per heavy atom. The van der Waals surface area contributed by atoms with Crippen LogP contribution in [0.4, 0.5) is 4.79 Å². The van der Waals surface area contributed by atoms with E-state index in [0.717, 1.165) is 0 Å². The molecular weight excluding hydrogens is 186 g/mol. The summed E-state index contributed by atoms with van der Waals surface area (Å²) in [5.41, 5.74) is 4.85. The predicted molar refractivity (Wildman–Crippen MR) is 51.9 cm³/mol. The maximum Gasteiger partial charge on any atom is 0.312 e. The van der Waals surface area contributed by atoms with Crippen LogP contribution >= 0.6 is 0 Å². The first-order valence-corrected chi connectivity index (χ1v) is 4.51. The fourth-order valence-electron chi connectivity index (χ4n) is 0.946. The highest BCUT2D eigenvalue weighted by Crippen LogP contribution is 1.94. The number of rotatable bonds is 7. The highest BCUT2D eigenvalue weighted by Gasteiger charge is 2.03. The lowest BCUT2D eigenvalue weighted by Crippen LogP contribution is -2.38. The van der Waals surface area contributed by atoms with Gasteiger partial charge in [-0.1, -0.05) is 0 Å². The molecule has 2 amide bonds. The predicted octanol–water partition coefficient (Wildman–Crippen LogP) is -0.502. The molecule has 1 unspecified atom stereocenters. The number of aliphatic carboxylic acids is 1. The second kappa shape index (κ2) is 7.14. The van der Waals surface area contributed by atoms with Gasteiger partial charge >= 0.3 is 12.0 Å². The van der Waals surface area contributed by atoms with Crippen LogP contribution in [-0.2, 0) is 4.79 Å². The van der Waals surface area contributed by atoms with Crippen LogP contribution in [0.15, 0.2) is 0 Å². The number of carbonyl (C=O) groups excluding carboxylic acids is 1. The molecule has 0 bridgehead atoms. The second-order valence-electron chi connectivity index (χ2n) is 3.08. The van der Waals surface area contributed by atoms with Crippen LogP contribution in [0.1, 0.15) is 19.8 Å². The summed E-state index contributed by atoms with van der Waals surface area (Å²) in [5, 5.41) is 13.9. The lowest BCUT2D eigenvalue weighted by atomic mass is 10.2. The first-order valence-electron chi connectivity index (χ1n) is 4.51. The number of nitrogens with two attached hydrogens (primary N) is 1. The maximum atomic E-state index is 10.3. The number of amides is 2. The number of urea groups is 1. The minimum Gasteiger partial charge on any atom is -0.481 e. The van der Waals surface area contributed by atoms with Gasteiger partial charge in [-0.15, -0.1) is 0 Å². The third-order valence-corrected chi connectivity index (χ3v) is 1.71. The molecule has 0 saturated heterocycles. The Morgan fingerprint density at radius 3 is 2.57 bits per heavy atom. The van der Waals surface area contributed by atoms with Crippen molar-refractivity contribution in [1.29, 1.82) is 0 Å². The molecule has 82 valence electrons. The number of carboxylic acid groups (broad SMARTS) is 1. The van der Waals surface area contributed by atoms with Crippen molar-refractivity contribution in [2.75, 3.05) is 13.1 Å². The number of hydrogen-bond donors (Lipinski definition) is 4. The largest absolute Gasteiger partial charge is 0.481 e. The van der Waals surface area contributed by atoms with E-state index in [9.17, 15) is 9.59 Å². The summed E-state index contributed by atoms with van der Waals surface area (Å²) in [6.45, 7) is 2.93. The zero-order valence-electron chi connectivity index (χ0n) is 8.25. The molecular formula is C8H17N3O3. The molecule has 0 rings (SSSR count). The highest BCUT2D eigenvalue weighted by atomic mass is 16.4. The molecule has 0 fully saturated rings. The van der Waals surface area contributed by atoms with Crippen molar-refractivity contribution in [2.45, 2.75) is 25.8 Å². The molecule has 0 heterocycles. The Kier molecular flexibility index (Phi) is 6.47. The molecule has 0 saturated carbocycles. The average molecular weight is 203 g/mol. The van der Waals surface area contributed by atoms with Crippen molar-refractivity contribution in [2.24, 2.45) is 5.73 Å². The van der Waals surface area contributed by atoms with Gasteiger partial charge in [0.05, 0.1) is 0 Å². The van der Waals surface area contributed by atoms with Crippen molar-refractivity contribution >= 4 is 12.0 Å². The van der Waals surface area contributed by atoms with Gasteiger partial charge < -0.3 is 21.5 Å². The average Bonchev–Trinajstić information content (AvgIpc) is 2.08. The van der Waals surface area contributed by atoms with Gasteiger partial charge in [0.2, 0.25) is 0 Å². The summed E-state index contributed by atoms with van der Waals surface area (Å²) in [7, 11) is 0. The number of primary amides is 1. The van der Waals surface area contributed by atoms with Crippen LogP contribution in [0.5, 0.6) is 0 Å². The third kappa shape index (κ3) is 8.79. The molecule has 0 aliphatic rings. The van der Waals surface area contributed by atoms with Crippen LogP contribution in [-0.4, -0.2) is 36.2 Å². The fourth-order valence-corrected chi connectivity index (χ4v) is 0.946. The van der Waals surface area contributed by atoms with E-state index < -0.39 is 12.0 Å². The minimum absolute atomic E-state index is 0.126. The standard InChI is InChI=1S/C8H17N3O3/c1-6(2-3-7(12)13)10-4-5-11-8(9)14/h6,10H,2-5H2,1H3,(H,12,13)(H3,9,11,14). The zero-order valence-corrected chi connectivity index (χ0v) is 8.25. The summed E-state index contributed by atoms with van der Waals surface area (Å²) >= 11 is 0. The van der Waals surface area contributed by atoms with Crippen LogP contribution in [0, 0.1) is 0 Å². The Balaban J connectivity index is 3.30. The SMILES string of the molecule is CC(CCC(=O)O)NCCNC(N)=O. The van der Waals surface area contributed by atoms with Crippen LogP contribution in [0.3, 0.4) is 0 Å². The molecule has 0 aliphatic heterocycles. The summed E-state index contributed by atoms with van der Waals surface area (Å²) in [5.74, 6) is -0.797. The first-order chi connectivity index (χ1) is 6.52. The molecule has 0 spiro atoms. The number of nitrogens with one attached hydrogen (secondary N) is 2. The van der Waals surface area contributed by atoms with E-state index in [2.05, 4.69) is 10.6 Å². The van der Waals surface area contributed by atoms with Crippen molar-refractivity contribution in [3.63, 3.8) is 0 Å². The van der Waals surface area contributed by atoms with E-state index in [-0.39, 0.29) is 12.5 Å². The third-order valence-electron chi connectivity index (χ3n) is 1.71. The molecule has 0 aromatic heterocycles. The van der Waals surface area contributed by atoms with Gasteiger partial charge in [-0.2, -0.15) is 0 Å². The van der Waals surface area contributed by atoms with E-state index in [1.807, 2.05) is 6.92 Å². The summed E-state index contributed by atoms with van der Waals surface area (Å²) in [6, 6.07) is -0.425.